The minimum atomic E-state index is -4.55. The van der Waals surface area contributed by atoms with E-state index in [1.54, 1.807) is 11.1 Å². The van der Waals surface area contributed by atoms with Crippen molar-refractivity contribution in [2.45, 2.75) is 31.4 Å². The van der Waals surface area contributed by atoms with Crippen LogP contribution in [-0.4, -0.2) is 53.1 Å². The van der Waals surface area contributed by atoms with Crippen LogP contribution >= 0.6 is 11.6 Å². The molecule has 2 saturated heterocycles. The van der Waals surface area contributed by atoms with Crippen LogP contribution in [0.3, 0.4) is 0 Å². The molecule has 3 aromatic rings. The average molecular weight is 558 g/mol. The fourth-order valence-electron chi connectivity index (χ4n) is 5.18. The van der Waals surface area contributed by atoms with E-state index in [-0.39, 0.29) is 28.3 Å². The van der Waals surface area contributed by atoms with E-state index in [0.717, 1.165) is 42.5 Å². The number of aromatic nitrogens is 2. The molecule has 2 aromatic carbocycles. The number of hydrogen-bond acceptors (Lipinski definition) is 5. The number of amides is 2. The lowest BCUT2D eigenvalue weighted by Gasteiger charge is -2.32. The van der Waals surface area contributed by atoms with Gasteiger partial charge in [0.15, 0.2) is 5.82 Å². The number of likely N-dealkylation sites (tertiary alicyclic amines) is 1. The highest BCUT2D eigenvalue weighted by Gasteiger charge is 2.33. The summed E-state index contributed by atoms with van der Waals surface area (Å²) in [5.41, 5.74) is 0.778. The molecule has 5 rings (SSSR count). The second kappa shape index (κ2) is 11.2. The van der Waals surface area contributed by atoms with Gasteiger partial charge in [0.2, 0.25) is 5.91 Å². The summed E-state index contributed by atoms with van der Waals surface area (Å²) in [5.74, 6) is 0.300. The van der Waals surface area contributed by atoms with Gasteiger partial charge in [-0.1, -0.05) is 23.7 Å². The maximum atomic E-state index is 13.1. The SMILES string of the molecule is O=C(Nc1ccc(C2CCN(C(=O)c3cc(C(F)(F)F)ccc3Cl)CC2)cc1)[C@H]1CCN(c2cccnn2)C1. The summed E-state index contributed by atoms with van der Waals surface area (Å²) in [7, 11) is 0. The standard InChI is InChI=1S/C28H27ClF3N5O2/c29-24-8-5-21(28(30,31)32)16-23(24)27(39)36-13-9-19(10-14-36)18-3-6-22(7-4-18)34-26(38)20-11-15-37(17-20)25-2-1-12-33-35-25/h1-8,12,16,19-20H,9-11,13-15,17H2,(H,34,38)/t20-/m0/s1. The Bertz CT molecular complexity index is 1330. The summed E-state index contributed by atoms with van der Waals surface area (Å²) in [6.45, 7) is 2.17. The zero-order chi connectivity index (χ0) is 27.6. The minimum absolute atomic E-state index is 0.00631. The molecule has 2 amide bonds. The third-order valence-electron chi connectivity index (χ3n) is 7.40. The van der Waals surface area contributed by atoms with Crippen molar-refractivity contribution in [1.82, 2.24) is 15.1 Å². The molecule has 3 heterocycles. The van der Waals surface area contributed by atoms with Crippen LogP contribution < -0.4 is 10.2 Å². The van der Waals surface area contributed by atoms with Gasteiger partial charge in [-0.15, -0.1) is 5.10 Å². The Kier molecular flexibility index (Phi) is 7.74. The number of anilines is 2. The second-order valence-corrected chi connectivity index (χ2v) is 10.3. The monoisotopic (exact) mass is 557 g/mol. The van der Waals surface area contributed by atoms with Gasteiger partial charge < -0.3 is 15.1 Å². The first kappa shape index (κ1) is 26.9. The first-order valence-corrected chi connectivity index (χ1v) is 13.2. The van der Waals surface area contributed by atoms with Crippen LogP contribution in [0.2, 0.25) is 5.02 Å². The molecule has 2 fully saturated rings. The third-order valence-corrected chi connectivity index (χ3v) is 7.73. The van der Waals surface area contributed by atoms with E-state index in [9.17, 15) is 22.8 Å². The summed E-state index contributed by atoms with van der Waals surface area (Å²) >= 11 is 6.06. The molecule has 0 spiro atoms. The van der Waals surface area contributed by atoms with Gasteiger partial charge in [0, 0.05) is 38.1 Å². The number of benzene rings is 2. The van der Waals surface area contributed by atoms with Crippen LogP contribution in [0.5, 0.6) is 0 Å². The quantitative estimate of drug-likeness (QED) is 0.440. The number of halogens is 4. The zero-order valence-corrected chi connectivity index (χ0v) is 21.8. The van der Waals surface area contributed by atoms with E-state index >= 15 is 0 Å². The largest absolute Gasteiger partial charge is 0.416 e. The van der Waals surface area contributed by atoms with E-state index in [4.69, 9.17) is 11.6 Å². The van der Waals surface area contributed by atoms with E-state index in [0.29, 0.717) is 38.2 Å². The fraction of sp³-hybridized carbons (Fsp3) is 0.357. The van der Waals surface area contributed by atoms with E-state index in [1.807, 2.05) is 36.4 Å². The Morgan fingerprint density at radius 3 is 2.38 bits per heavy atom. The van der Waals surface area contributed by atoms with Crippen molar-refractivity contribution >= 4 is 34.9 Å². The van der Waals surface area contributed by atoms with Gasteiger partial charge in [0.05, 0.1) is 22.1 Å². The van der Waals surface area contributed by atoms with Crippen molar-refractivity contribution in [2.24, 2.45) is 5.92 Å². The van der Waals surface area contributed by atoms with Crippen LogP contribution in [0.4, 0.5) is 24.7 Å². The summed E-state index contributed by atoms with van der Waals surface area (Å²) < 4.78 is 39.3. The molecule has 11 heteroatoms. The molecule has 1 atom stereocenters. The van der Waals surface area contributed by atoms with Gasteiger partial charge in [-0.2, -0.15) is 18.3 Å². The maximum Gasteiger partial charge on any atom is 0.416 e. The van der Waals surface area contributed by atoms with E-state index in [1.165, 1.54) is 0 Å². The molecule has 7 nitrogen and oxygen atoms in total. The lowest BCUT2D eigenvalue weighted by atomic mass is 9.89. The predicted octanol–water partition coefficient (Wildman–Crippen LogP) is 5.63. The predicted molar refractivity (Wildman–Crippen MR) is 142 cm³/mol. The summed E-state index contributed by atoms with van der Waals surface area (Å²) in [4.78, 5) is 29.3. The number of nitrogens with one attached hydrogen (secondary N) is 1. The van der Waals surface area contributed by atoms with Crippen molar-refractivity contribution in [2.75, 3.05) is 36.4 Å². The van der Waals surface area contributed by atoms with Gasteiger partial charge >= 0.3 is 6.18 Å². The highest BCUT2D eigenvalue weighted by atomic mass is 35.5. The van der Waals surface area contributed by atoms with Crippen LogP contribution in [0.1, 0.15) is 46.7 Å². The normalized spacial score (nSPS) is 18.3. The lowest BCUT2D eigenvalue weighted by molar-refractivity contribution is -0.137. The number of piperidine rings is 1. The van der Waals surface area contributed by atoms with Crippen molar-refractivity contribution in [1.29, 1.82) is 0 Å². The molecule has 0 bridgehead atoms. The average Bonchev–Trinajstić information content (AvgIpc) is 3.44. The Labute approximate surface area is 229 Å². The molecular formula is C28H27ClF3N5O2. The number of carbonyl (C=O) groups is 2. The first-order chi connectivity index (χ1) is 18.7. The van der Waals surface area contributed by atoms with E-state index < -0.39 is 17.6 Å². The number of nitrogens with zero attached hydrogens (tertiary/aromatic N) is 4. The summed E-state index contributed by atoms with van der Waals surface area (Å²) in [6, 6.07) is 14.2. The van der Waals surface area contributed by atoms with Gasteiger partial charge in [-0.25, -0.2) is 0 Å². The van der Waals surface area contributed by atoms with Gasteiger partial charge in [-0.05, 0) is 73.2 Å². The first-order valence-electron chi connectivity index (χ1n) is 12.8. The zero-order valence-electron chi connectivity index (χ0n) is 21.0. The molecule has 2 aliphatic rings. The molecule has 0 aliphatic carbocycles. The Morgan fingerprint density at radius 2 is 1.72 bits per heavy atom. The molecule has 2 aliphatic heterocycles. The van der Waals surface area contributed by atoms with Crippen LogP contribution in [0.15, 0.2) is 60.8 Å². The highest BCUT2D eigenvalue weighted by Crippen LogP contribution is 2.34. The van der Waals surface area contributed by atoms with Gasteiger partial charge in [-0.3, -0.25) is 9.59 Å². The van der Waals surface area contributed by atoms with Crippen LogP contribution in [0, 0.1) is 5.92 Å². The second-order valence-electron chi connectivity index (χ2n) is 9.88. The Morgan fingerprint density at radius 1 is 0.974 bits per heavy atom. The summed E-state index contributed by atoms with van der Waals surface area (Å²) in [5, 5.41) is 11.0. The fourth-order valence-corrected chi connectivity index (χ4v) is 5.38. The van der Waals surface area contributed by atoms with Gasteiger partial charge in [0.25, 0.3) is 5.91 Å². The van der Waals surface area contributed by atoms with Gasteiger partial charge in [0.1, 0.15) is 0 Å². The van der Waals surface area contributed by atoms with Crippen molar-refractivity contribution < 1.29 is 22.8 Å². The molecule has 0 unspecified atom stereocenters. The minimum Gasteiger partial charge on any atom is -0.354 e. The smallest absolute Gasteiger partial charge is 0.354 e. The van der Waals surface area contributed by atoms with Crippen LogP contribution in [0.25, 0.3) is 0 Å². The summed E-state index contributed by atoms with van der Waals surface area (Å²) in [6.07, 6.45) is -0.841. The Hall–Kier alpha value is -3.66. The molecule has 0 radical (unpaired) electrons. The number of rotatable bonds is 5. The molecule has 1 N–H and O–H groups in total. The van der Waals surface area contributed by atoms with E-state index in [2.05, 4.69) is 20.4 Å². The van der Waals surface area contributed by atoms with Crippen LogP contribution in [-0.2, 0) is 11.0 Å². The highest BCUT2D eigenvalue weighted by molar-refractivity contribution is 6.33. The maximum absolute atomic E-state index is 13.1. The molecule has 39 heavy (non-hydrogen) atoms. The molecule has 204 valence electrons. The molecule has 1 aromatic heterocycles. The molecular weight excluding hydrogens is 531 g/mol. The topological polar surface area (TPSA) is 78.4 Å². The van der Waals surface area contributed by atoms with Crippen molar-refractivity contribution in [3.63, 3.8) is 0 Å². The van der Waals surface area contributed by atoms with Crippen molar-refractivity contribution in [3.05, 3.63) is 82.5 Å². The van der Waals surface area contributed by atoms with Crippen molar-refractivity contribution in [3.8, 4) is 0 Å². The third kappa shape index (κ3) is 6.16. The Balaban J connectivity index is 1.14. The lowest BCUT2D eigenvalue weighted by Crippen LogP contribution is -2.38. The number of alkyl halides is 3. The number of hydrogen-bond donors (Lipinski definition) is 1. The molecule has 0 saturated carbocycles. The number of carbonyl (C=O) groups excluding carboxylic acids is 2.